The van der Waals surface area contributed by atoms with Crippen molar-refractivity contribution in [2.24, 2.45) is 0 Å². The number of unbranched alkanes of at least 4 members (excludes halogenated alkanes) is 1. The second-order valence-corrected chi connectivity index (χ2v) is 15.6. The van der Waals surface area contributed by atoms with E-state index in [1.807, 2.05) is 0 Å². The molecule has 0 aromatic rings. The first-order valence-corrected chi connectivity index (χ1v) is 14.3. The normalized spacial score (nSPS) is 12.2. The average molecular weight is 341 g/mol. The lowest BCUT2D eigenvalue weighted by Gasteiger charge is -2.37. The third-order valence-corrected chi connectivity index (χ3v) is 14.6. The third-order valence-electron chi connectivity index (χ3n) is 5.36. The standard InChI is InChI=1S/C16H36BNO2Si2/c1-7-21(8-2,9-3)19-17(15-13-14-16-18)20-22(10-4,11-5)12-6/h7-15H2,1-6H3. The molecule has 0 unspecified atom stereocenters. The summed E-state index contributed by atoms with van der Waals surface area (Å²) in [6.07, 6.45) is 2.35. The van der Waals surface area contributed by atoms with Gasteiger partial charge in [0.25, 0.3) is 0 Å². The predicted octanol–water partition coefficient (Wildman–Crippen LogP) is 5.82. The summed E-state index contributed by atoms with van der Waals surface area (Å²) >= 11 is 0. The van der Waals surface area contributed by atoms with Gasteiger partial charge >= 0.3 is 7.12 Å². The molecule has 0 amide bonds. The van der Waals surface area contributed by atoms with Crippen LogP contribution in [-0.4, -0.2) is 23.8 Å². The van der Waals surface area contributed by atoms with Gasteiger partial charge in [-0.2, -0.15) is 5.26 Å². The summed E-state index contributed by atoms with van der Waals surface area (Å²) in [6, 6.07) is 9.14. The molecule has 22 heavy (non-hydrogen) atoms. The molecule has 0 radical (unpaired) electrons. The van der Waals surface area contributed by atoms with E-state index >= 15 is 0 Å². The minimum Gasteiger partial charge on any atom is -0.453 e. The summed E-state index contributed by atoms with van der Waals surface area (Å²) in [5.74, 6) is 0. The van der Waals surface area contributed by atoms with Crippen LogP contribution in [0.2, 0.25) is 42.6 Å². The van der Waals surface area contributed by atoms with E-state index in [4.69, 9.17) is 13.9 Å². The molecule has 0 spiro atoms. The van der Waals surface area contributed by atoms with Crippen molar-refractivity contribution in [2.45, 2.75) is 97.0 Å². The summed E-state index contributed by atoms with van der Waals surface area (Å²) in [5, 5.41) is 8.81. The zero-order chi connectivity index (χ0) is 17.1. The average Bonchev–Trinajstić information content (AvgIpc) is 2.57. The summed E-state index contributed by atoms with van der Waals surface area (Å²) < 4.78 is 13.3. The van der Waals surface area contributed by atoms with Crippen molar-refractivity contribution in [3.63, 3.8) is 0 Å². The molecule has 0 fully saturated rings. The Labute approximate surface area is 141 Å². The van der Waals surface area contributed by atoms with Crippen LogP contribution in [0.1, 0.15) is 54.4 Å². The number of nitriles is 1. The van der Waals surface area contributed by atoms with Crippen LogP contribution in [0.15, 0.2) is 0 Å². The van der Waals surface area contributed by atoms with Crippen LogP contribution in [0.4, 0.5) is 0 Å². The Balaban J connectivity index is 5.06. The van der Waals surface area contributed by atoms with Crippen LogP contribution in [0, 0.1) is 11.3 Å². The molecule has 0 saturated carbocycles. The highest BCUT2D eigenvalue weighted by molar-refractivity contribution is 6.83. The predicted molar refractivity (Wildman–Crippen MR) is 102 cm³/mol. The molecule has 0 aromatic heterocycles. The summed E-state index contributed by atoms with van der Waals surface area (Å²) in [4.78, 5) is 0. The van der Waals surface area contributed by atoms with Gasteiger partial charge in [0, 0.05) is 6.42 Å². The van der Waals surface area contributed by atoms with Crippen molar-refractivity contribution in [2.75, 3.05) is 0 Å². The van der Waals surface area contributed by atoms with Gasteiger partial charge in [0.2, 0.25) is 0 Å². The van der Waals surface area contributed by atoms with E-state index in [0.29, 0.717) is 6.42 Å². The van der Waals surface area contributed by atoms with E-state index < -0.39 is 16.6 Å². The van der Waals surface area contributed by atoms with Crippen LogP contribution >= 0.6 is 0 Å². The van der Waals surface area contributed by atoms with Crippen LogP contribution in [0.3, 0.4) is 0 Å². The van der Waals surface area contributed by atoms with Gasteiger partial charge in [-0.15, -0.1) is 0 Å². The molecule has 3 nitrogen and oxygen atoms in total. The van der Waals surface area contributed by atoms with E-state index in [0.717, 1.165) is 49.0 Å². The minimum atomic E-state index is -1.66. The number of hydrogen-bond donors (Lipinski definition) is 0. The molecular weight excluding hydrogens is 305 g/mol. The number of hydrogen-bond acceptors (Lipinski definition) is 3. The minimum absolute atomic E-state index is 0.0774. The fourth-order valence-electron chi connectivity index (χ4n) is 3.05. The molecular formula is C16H36BNO2Si2. The molecule has 0 bridgehead atoms. The molecule has 128 valence electrons. The van der Waals surface area contributed by atoms with Crippen molar-refractivity contribution in [1.29, 1.82) is 5.26 Å². The lowest BCUT2D eigenvalue weighted by atomic mass is 9.84. The molecule has 0 aromatic carbocycles. The van der Waals surface area contributed by atoms with Gasteiger partial charge in [-0.05, 0) is 49.0 Å². The van der Waals surface area contributed by atoms with Crippen LogP contribution < -0.4 is 0 Å². The highest BCUT2D eigenvalue weighted by atomic mass is 28.4. The molecule has 0 aliphatic rings. The largest absolute Gasteiger partial charge is 0.453 e. The lowest BCUT2D eigenvalue weighted by Crippen LogP contribution is -2.49. The summed E-state index contributed by atoms with van der Waals surface area (Å²) in [7, 11) is -3.41. The van der Waals surface area contributed by atoms with Crippen molar-refractivity contribution in [1.82, 2.24) is 0 Å². The van der Waals surface area contributed by atoms with Crippen LogP contribution in [-0.2, 0) is 8.69 Å². The Morgan fingerprint density at radius 2 is 1.14 bits per heavy atom. The topological polar surface area (TPSA) is 42.2 Å². The fraction of sp³-hybridized carbons (Fsp3) is 0.938. The van der Waals surface area contributed by atoms with Crippen molar-refractivity contribution >= 4 is 23.8 Å². The number of rotatable bonds is 13. The van der Waals surface area contributed by atoms with Gasteiger partial charge in [0.05, 0.1) is 6.07 Å². The Morgan fingerprint density at radius 3 is 1.41 bits per heavy atom. The maximum absolute atomic E-state index is 8.81. The first kappa shape index (κ1) is 21.9. The molecule has 0 rings (SSSR count). The molecule has 0 saturated heterocycles. The first-order chi connectivity index (χ1) is 10.5. The van der Waals surface area contributed by atoms with Gasteiger partial charge in [0.1, 0.15) is 0 Å². The molecule has 0 atom stereocenters. The highest BCUT2D eigenvalue weighted by Crippen LogP contribution is 2.29. The number of nitrogens with zero attached hydrogens (tertiary/aromatic N) is 1. The van der Waals surface area contributed by atoms with Gasteiger partial charge in [-0.3, -0.25) is 0 Å². The van der Waals surface area contributed by atoms with Crippen molar-refractivity contribution in [3.8, 4) is 6.07 Å². The SMILES string of the molecule is CC[Si](CC)(CC)OB(CCCC#N)O[Si](CC)(CC)CC. The van der Waals surface area contributed by atoms with E-state index in [9.17, 15) is 0 Å². The van der Waals surface area contributed by atoms with Gasteiger partial charge in [0.15, 0.2) is 16.6 Å². The molecule has 6 heteroatoms. The second kappa shape index (κ2) is 11.4. The third kappa shape index (κ3) is 6.57. The Kier molecular flexibility index (Phi) is 11.4. The molecule has 0 N–H and O–H groups in total. The maximum Gasteiger partial charge on any atom is 0.435 e. The smallest absolute Gasteiger partial charge is 0.435 e. The highest BCUT2D eigenvalue weighted by Gasteiger charge is 2.39. The molecule has 0 aliphatic heterocycles. The Hall–Kier alpha value is -0.0913. The van der Waals surface area contributed by atoms with Gasteiger partial charge < -0.3 is 8.69 Å². The van der Waals surface area contributed by atoms with E-state index in [-0.39, 0.29) is 7.12 Å². The van der Waals surface area contributed by atoms with Crippen molar-refractivity contribution in [3.05, 3.63) is 0 Å². The zero-order valence-corrected chi connectivity index (χ0v) is 17.7. The Morgan fingerprint density at radius 1 is 0.773 bits per heavy atom. The van der Waals surface area contributed by atoms with Crippen LogP contribution in [0.25, 0.3) is 0 Å². The molecule has 0 aliphatic carbocycles. The second-order valence-electron chi connectivity index (χ2n) is 6.20. The molecule has 0 heterocycles. The quantitative estimate of drug-likeness (QED) is 0.313. The maximum atomic E-state index is 8.81. The first-order valence-electron chi connectivity index (χ1n) is 9.23. The Bertz CT molecular complexity index is 290. The zero-order valence-electron chi connectivity index (χ0n) is 15.7. The van der Waals surface area contributed by atoms with Crippen molar-refractivity contribution < 1.29 is 8.69 Å². The summed E-state index contributed by atoms with van der Waals surface area (Å²) in [6.45, 7) is 13.6. The summed E-state index contributed by atoms with van der Waals surface area (Å²) in [5.41, 5.74) is 0. The van der Waals surface area contributed by atoms with E-state index in [1.54, 1.807) is 0 Å². The van der Waals surface area contributed by atoms with E-state index in [1.165, 1.54) is 0 Å². The van der Waals surface area contributed by atoms with Crippen LogP contribution in [0.5, 0.6) is 0 Å². The van der Waals surface area contributed by atoms with Gasteiger partial charge in [-0.1, -0.05) is 41.5 Å². The fourth-order valence-corrected chi connectivity index (χ4v) is 8.59. The lowest BCUT2D eigenvalue weighted by molar-refractivity contribution is 0.397. The van der Waals surface area contributed by atoms with E-state index in [2.05, 4.69) is 47.6 Å². The van der Waals surface area contributed by atoms with Gasteiger partial charge in [-0.25, -0.2) is 0 Å². The monoisotopic (exact) mass is 341 g/mol.